The van der Waals surface area contributed by atoms with Crippen molar-refractivity contribution in [1.29, 1.82) is 0 Å². The summed E-state index contributed by atoms with van der Waals surface area (Å²) in [6, 6.07) is 0.288. The number of sulfone groups is 1. The minimum atomic E-state index is -2.74. The minimum Gasteiger partial charge on any atom is -0.314 e. The van der Waals surface area contributed by atoms with Crippen molar-refractivity contribution in [2.75, 3.05) is 37.7 Å². The van der Waals surface area contributed by atoms with E-state index in [2.05, 4.69) is 10.2 Å². The highest BCUT2D eigenvalue weighted by Gasteiger charge is 2.29. The molecule has 82 valence electrons. The fourth-order valence-corrected chi connectivity index (χ4v) is 4.07. The molecule has 1 N–H and O–H groups in total. The molecule has 0 aromatic carbocycles. The number of hydrogen-bond acceptors (Lipinski definition) is 4. The Labute approximate surface area is 85.6 Å². The third-order valence-corrected chi connectivity index (χ3v) is 4.91. The lowest BCUT2D eigenvalue weighted by atomic mass is 10.1. The second-order valence-electron chi connectivity index (χ2n) is 4.20. The molecule has 2 saturated heterocycles. The summed E-state index contributed by atoms with van der Waals surface area (Å²) in [4.78, 5) is 2.33. The Kier molecular flexibility index (Phi) is 3.09. The van der Waals surface area contributed by atoms with Gasteiger partial charge in [0.05, 0.1) is 11.5 Å². The molecule has 0 saturated carbocycles. The maximum Gasteiger partial charge on any atom is 0.151 e. The van der Waals surface area contributed by atoms with E-state index < -0.39 is 9.84 Å². The van der Waals surface area contributed by atoms with Crippen LogP contribution in [0.25, 0.3) is 0 Å². The second kappa shape index (κ2) is 4.16. The molecule has 0 radical (unpaired) electrons. The van der Waals surface area contributed by atoms with E-state index in [0.29, 0.717) is 11.5 Å². The normalized spacial score (nSPS) is 34.1. The molecule has 0 aliphatic carbocycles. The van der Waals surface area contributed by atoms with Crippen molar-refractivity contribution in [3.63, 3.8) is 0 Å². The molecule has 0 spiro atoms. The van der Waals surface area contributed by atoms with E-state index in [1.807, 2.05) is 0 Å². The molecule has 0 bridgehead atoms. The van der Waals surface area contributed by atoms with E-state index in [9.17, 15) is 8.42 Å². The number of piperazine rings is 1. The predicted octanol–water partition coefficient (Wildman–Crippen LogP) is -0.531. The molecule has 5 heteroatoms. The molecule has 14 heavy (non-hydrogen) atoms. The molecule has 1 atom stereocenters. The lowest BCUT2D eigenvalue weighted by Crippen LogP contribution is -2.51. The Bertz CT molecular complexity index is 283. The van der Waals surface area contributed by atoms with Gasteiger partial charge in [0.15, 0.2) is 9.84 Å². The third kappa shape index (κ3) is 2.46. The molecule has 1 unspecified atom stereocenters. The topological polar surface area (TPSA) is 49.4 Å². The van der Waals surface area contributed by atoms with Crippen LogP contribution in [0.1, 0.15) is 12.8 Å². The van der Waals surface area contributed by atoms with Crippen molar-refractivity contribution >= 4 is 9.84 Å². The van der Waals surface area contributed by atoms with Crippen LogP contribution < -0.4 is 5.32 Å². The summed E-state index contributed by atoms with van der Waals surface area (Å²) in [6.07, 6.45) is 1.90. The molecule has 2 heterocycles. The first-order valence-corrected chi connectivity index (χ1v) is 7.15. The highest BCUT2D eigenvalue weighted by atomic mass is 32.2. The van der Waals surface area contributed by atoms with Gasteiger partial charge in [-0.25, -0.2) is 8.42 Å². The van der Waals surface area contributed by atoms with Gasteiger partial charge < -0.3 is 5.32 Å². The fraction of sp³-hybridized carbons (Fsp3) is 1.00. The van der Waals surface area contributed by atoms with Crippen LogP contribution in [0.4, 0.5) is 0 Å². The lowest BCUT2D eigenvalue weighted by molar-refractivity contribution is 0.174. The van der Waals surface area contributed by atoms with Gasteiger partial charge in [0.1, 0.15) is 0 Å². The SMILES string of the molecule is O=S1(=O)CCCC(N2CCNCC2)C1. The third-order valence-electron chi connectivity index (χ3n) is 3.11. The van der Waals surface area contributed by atoms with E-state index in [4.69, 9.17) is 0 Å². The van der Waals surface area contributed by atoms with Crippen molar-refractivity contribution in [3.8, 4) is 0 Å². The molecule has 0 amide bonds. The van der Waals surface area contributed by atoms with Gasteiger partial charge in [-0.1, -0.05) is 0 Å². The lowest BCUT2D eigenvalue weighted by Gasteiger charge is -2.36. The van der Waals surface area contributed by atoms with Crippen LogP contribution in [0.2, 0.25) is 0 Å². The van der Waals surface area contributed by atoms with Crippen LogP contribution in [0.15, 0.2) is 0 Å². The fourth-order valence-electron chi connectivity index (χ4n) is 2.33. The summed E-state index contributed by atoms with van der Waals surface area (Å²) in [6.45, 7) is 3.99. The average molecular weight is 218 g/mol. The quantitative estimate of drug-likeness (QED) is 0.643. The Morgan fingerprint density at radius 2 is 1.93 bits per heavy atom. The van der Waals surface area contributed by atoms with E-state index in [1.165, 1.54) is 0 Å². The molecule has 0 aromatic rings. The van der Waals surface area contributed by atoms with Gasteiger partial charge in [-0.05, 0) is 12.8 Å². The monoisotopic (exact) mass is 218 g/mol. The van der Waals surface area contributed by atoms with E-state index >= 15 is 0 Å². The van der Waals surface area contributed by atoms with E-state index in [0.717, 1.165) is 39.0 Å². The number of nitrogens with one attached hydrogen (secondary N) is 1. The van der Waals surface area contributed by atoms with Gasteiger partial charge >= 0.3 is 0 Å². The Balaban J connectivity index is 1.96. The maximum absolute atomic E-state index is 11.5. The molecule has 2 rings (SSSR count). The van der Waals surface area contributed by atoms with Crippen molar-refractivity contribution in [2.45, 2.75) is 18.9 Å². The molecule has 2 aliphatic heterocycles. The Morgan fingerprint density at radius 3 is 2.57 bits per heavy atom. The standard InChI is InChI=1S/C9H18N2O2S/c12-14(13)7-1-2-9(8-14)11-5-3-10-4-6-11/h9-10H,1-8H2. The summed E-state index contributed by atoms with van der Waals surface area (Å²) in [5.74, 6) is 0.780. The van der Waals surface area contributed by atoms with Gasteiger partial charge in [-0.2, -0.15) is 0 Å². The van der Waals surface area contributed by atoms with Gasteiger partial charge in [-0.3, -0.25) is 4.90 Å². The summed E-state index contributed by atoms with van der Waals surface area (Å²) >= 11 is 0. The van der Waals surface area contributed by atoms with Gasteiger partial charge in [0.25, 0.3) is 0 Å². The van der Waals surface area contributed by atoms with E-state index in [1.54, 1.807) is 0 Å². The smallest absolute Gasteiger partial charge is 0.151 e. The molecule has 2 fully saturated rings. The minimum absolute atomic E-state index is 0.288. The van der Waals surface area contributed by atoms with Crippen LogP contribution in [-0.2, 0) is 9.84 Å². The summed E-state index contributed by atoms with van der Waals surface area (Å²) in [5, 5.41) is 3.28. The van der Waals surface area contributed by atoms with Crippen LogP contribution >= 0.6 is 0 Å². The maximum atomic E-state index is 11.5. The Hall–Kier alpha value is -0.130. The molecule has 2 aliphatic rings. The zero-order chi connectivity index (χ0) is 10.0. The van der Waals surface area contributed by atoms with Crippen LogP contribution in [0.3, 0.4) is 0 Å². The first-order chi connectivity index (χ1) is 6.67. The van der Waals surface area contributed by atoms with Crippen LogP contribution in [0, 0.1) is 0 Å². The average Bonchev–Trinajstić information content (AvgIpc) is 2.18. The highest BCUT2D eigenvalue weighted by Crippen LogP contribution is 2.17. The van der Waals surface area contributed by atoms with Crippen LogP contribution in [0.5, 0.6) is 0 Å². The summed E-state index contributed by atoms with van der Waals surface area (Å²) < 4.78 is 22.9. The summed E-state index contributed by atoms with van der Waals surface area (Å²) in [7, 11) is -2.74. The van der Waals surface area contributed by atoms with Gasteiger partial charge in [-0.15, -0.1) is 0 Å². The summed E-state index contributed by atoms with van der Waals surface area (Å²) in [5.41, 5.74) is 0. The van der Waals surface area contributed by atoms with E-state index in [-0.39, 0.29) is 6.04 Å². The van der Waals surface area contributed by atoms with Crippen molar-refractivity contribution in [2.24, 2.45) is 0 Å². The number of nitrogens with zero attached hydrogens (tertiary/aromatic N) is 1. The predicted molar refractivity (Wildman–Crippen MR) is 56.1 cm³/mol. The first kappa shape index (κ1) is 10.4. The molecular weight excluding hydrogens is 200 g/mol. The largest absolute Gasteiger partial charge is 0.314 e. The zero-order valence-corrected chi connectivity index (χ0v) is 9.22. The van der Waals surface area contributed by atoms with Crippen LogP contribution in [-0.4, -0.2) is 57.0 Å². The molecule has 4 nitrogen and oxygen atoms in total. The molecule has 0 aromatic heterocycles. The number of rotatable bonds is 1. The van der Waals surface area contributed by atoms with Crippen molar-refractivity contribution in [3.05, 3.63) is 0 Å². The van der Waals surface area contributed by atoms with Gasteiger partial charge in [0, 0.05) is 32.2 Å². The second-order valence-corrected chi connectivity index (χ2v) is 6.43. The zero-order valence-electron chi connectivity index (χ0n) is 8.41. The van der Waals surface area contributed by atoms with Gasteiger partial charge in [0.2, 0.25) is 0 Å². The molecular formula is C9H18N2O2S. The highest BCUT2D eigenvalue weighted by molar-refractivity contribution is 7.91. The first-order valence-electron chi connectivity index (χ1n) is 5.32. The Morgan fingerprint density at radius 1 is 1.21 bits per heavy atom. The number of hydrogen-bond donors (Lipinski definition) is 1. The van der Waals surface area contributed by atoms with Crippen molar-refractivity contribution < 1.29 is 8.42 Å². The van der Waals surface area contributed by atoms with Crippen molar-refractivity contribution in [1.82, 2.24) is 10.2 Å².